The molecule has 0 bridgehead atoms. The lowest BCUT2D eigenvalue weighted by Crippen LogP contribution is -2.44. The van der Waals surface area contributed by atoms with Gasteiger partial charge in [-0.2, -0.15) is 0 Å². The molecule has 2 saturated heterocycles. The van der Waals surface area contributed by atoms with Crippen molar-refractivity contribution in [1.29, 1.82) is 0 Å². The van der Waals surface area contributed by atoms with Gasteiger partial charge in [-0.1, -0.05) is 84.3 Å². The number of piperidine rings is 1. The van der Waals surface area contributed by atoms with Gasteiger partial charge in [0.1, 0.15) is 0 Å². The predicted molar refractivity (Wildman–Crippen MR) is 121 cm³/mol. The number of hydrogen-bond acceptors (Lipinski definition) is 3. The topological polar surface area (TPSA) is 46.6 Å². The number of fused-ring (bicyclic) bond motifs is 3. The summed E-state index contributed by atoms with van der Waals surface area (Å²) in [4.78, 5) is 28.0. The van der Waals surface area contributed by atoms with E-state index in [9.17, 15) is 9.59 Å². The summed E-state index contributed by atoms with van der Waals surface area (Å²) in [5.41, 5.74) is 1.33. The fourth-order valence-corrected chi connectivity index (χ4v) is 6.20. The number of esters is 1. The second-order valence-electron chi connectivity index (χ2n) is 10.8. The number of ether oxygens (including phenoxy) is 1. The summed E-state index contributed by atoms with van der Waals surface area (Å²) < 4.78 is 5.13. The lowest BCUT2D eigenvalue weighted by atomic mass is 9.87. The van der Waals surface area contributed by atoms with Crippen molar-refractivity contribution in [2.75, 3.05) is 13.7 Å². The first kappa shape index (κ1) is 23.3. The Balaban J connectivity index is 1.77. The van der Waals surface area contributed by atoms with Crippen LogP contribution < -0.4 is 0 Å². The number of rotatable bonds is 1. The van der Waals surface area contributed by atoms with Gasteiger partial charge in [-0.05, 0) is 36.5 Å². The summed E-state index contributed by atoms with van der Waals surface area (Å²) in [6.45, 7) is 12.0. The van der Waals surface area contributed by atoms with Crippen LogP contribution in [0.15, 0.2) is 12.2 Å². The number of carbonyl (C=O) groups excluding carboxylic acids is 2. The second-order valence-corrected chi connectivity index (χ2v) is 10.8. The third-order valence-corrected chi connectivity index (χ3v) is 8.31. The maximum absolute atomic E-state index is 13.4. The van der Waals surface area contributed by atoms with E-state index >= 15 is 0 Å². The fourth-order valence-electron chi connectivity index (χ4n) is 6.20. The van der Waals surface area contributed by atoms with Crippen molar-refractivity contribution in [2.45, 2.75) is 97.4 Å². The molecule has 2 aliphatic heterocycles. The van der Waals surface area contributed by atoms with E-state index in [4.69, 9.17) is 4.74 Å². The van der Waals surface area contributed by atoms with Gasteiger partial charge in [-0.25, -0.2) is 0 Å². The van der Waals surface area contributed by atoms with Gasteiger partial charge in [0.05, 0.1) is 19.1 Å². The summed E-state index contributed by atoms with van der Waals surface area (Å²) in [6.07, 6.45) is 12.2. The standard InChI is InChI=1S/C26H43NO3/c1-18-14-12-10-8-6-7-9-11-13-15-20(25(29)30-5)16-19(2)23-22-21(26(22,3)4)17-27(23)24(18)28/h18,20-23H,2,6-17H2,1,3-5H3/t18-,20+,21?,22?,23+/m0/s1. The molecule has 0 N–H and O–H groups in total. The first-order chi connectivity index (χ1) is 14.3. The van der Waals surface area contributed by atoms with Crippen molar-refractivity contribution in [3.05, 3.63) is 12.2 Å². The molecule has 0 aromatic heterocycles. The van der Waals surface area contributed by atoms with Crippen molar-refractivity contribution < 1.29 is 14.3 Å². The molecule has 5 atom stereocenters. The van der Waals surface area contributed by atoms with Crippen LogP contribution >= 0.6 is 0 Å². The molecule has 1 aliphatic carbocycles. The zero-order valence-corrected chi connectivity index (χ0v) is 19.8. The summed E-state index contributed by atoms with van der Waals surface area (Å²) >= 11 is 0. The summed E-state index contributed by atoms with van der Waals surface area (Å²) in [5.74, 6) is 1.17. The van der Waals surface area contributed by atoms with Crippen molar-refractivity contribution in [2.24, 2.45) is 29.1 Å². The number of amides is 1. The number of nitrogens with zero attached hydrogens (tertiary/aromatic N) is 1. The minimum absolute atomic E-state index is 0.0769. The molecule has 0 aromatic carbocycles. The molecule has 1 amide bonds. The fraction of sp³-hybridized carbons (Fsp3) is 0.846. The van der Waals surface area contributed by atoms with Crippen LogP contribution in [0.2, 0.25) is 0 Å². The largest absolute Gasteiger partial charge is 0.469 e. The van der Waals surface area contributed by atoms with E-state index in [1.807, 2.05) is 0 Å². The lowest BCUT2D eigenvalue weighted by molar-refractivity contribution is -0.145. The third kappa shape index (κ3) is 4.94. The monoisotopic (exact) mass is 417 g/mol. The van der Waals surface area contributed by atoms with Crippen LogP contribution in [0.4, 0.5) is 0 Å². The van der Waals surface area contributed by atoms with Gasteiger partial charge in [0.2, 0.25) is 5.91 Å². The maximum atomic E-state index is 13.4. The Hall–Kier alpha value is -1.32. The summed E-state index contributed by atoms with van der Waals surface area (Å²) in [5, 5.41) is 0. The van der Waals surface area contributed by atoms with Gasteiger partial charge in [0.25, 0.3) is 0 Å². The number of carbonyl (C=O) groups is 2. The molecule has 2 heterocycles. The lowest BCUT2D eigenvalue weighted by Gasteiger charge is -2.35. The van der Waals surface area contributed by atoms with Crippen LogP contribution in [-0.2, 0) is 14.3 Å². The first-order valence-corrected chi connectivity index (χ1v) is 12.3. The molecule has 4 nitrogen and oxygen atoms in total. The Morgan fingerprint density at radius 1 is 1.03 bits per heavy atom. The molecule has 1 saturated carbocycles. The summed E-state index contributed by atoms with van der Waals surface area (Å²) in [7, 11) is 1.49. The Morgan fingerprint density at radius 2 is 1.60 bits per heavy atom. The molecule has 3 aliphatic rings. The highest BCUT2D eigenvalue weighted by molar-refractivity contribution is 5.80. The van der Waals surface area contributed by atoms with E-state index in [1.54, 1.807) is 0 Å². The van der Waals surface area contributed by atoms with Crippen LogP contribution in [0, 0.1) is 29.1 Å². The highest BCUT2D eigenvalue weighted by Crippen LogP contribution is 2.66. The van der Waals surface area contributed by atoms with Crippen LogP contribution in [0.5, 0.6) is 0 Å². The van der Waals surface area contributed by atoms with Gasteiger partial charge in [-0.3, -0.25) is 9.59 Å². The van der Waals surface area contributed by atoms with Gasteiger partial charge in [0.15, 0.2) is 0 Å². The van der Waals surface area contributed by atoms with E-state index in [0.717, 1.165) is 37.8 Å². The Kier molecular flexibility index (Phi) is 7.68. The molecular formula is C26H43NO3. The van der Waals surface area contributed by atoms with Crippen LogP contribution in [0.3, 0.4) is 0 Å². The van der Waals surface area contributed by atoms with E-state index in [-0.39, 0.29) is 29.3 Å². The highest BCUT2D eigenvalue weighted by Gasteiger charge is 2.67. The number of hydrogen-bond donors (Lipinski definition) is 0. The molecule has 0 spiro atoms. The SMILES string of the molecule is C=C1C[C@H](C(=O)OC)CCCCCCCCCC[C@H](C)C(=O)N2CC3C([C@@H]12)C3(C)C. The molecule has 0 aromatic rings. The second kappa shape index (κ2) is 9.87. The maximum Gasteiger partial charge on any atom is 0.308 e. The Labute approximate surface area is 183 Å². The van der Waals surface area contributed by atoms with E-state index in [1.165, 1.54) is 45.6 Å². The molecule has 170 valence electrons. The van der Waals surface area contributed by atoms with Gasteiger partial charge < -0.3 is 9.64 Å². The van der Waals surface area contributed by atoms with Crippen LogP contribution in [0.1, 0.15) is 91.4 Å². The molecule has 4 heteroatoms. The van der Waals surface area contributed by atoms with Crippen LogP contribution in [-0.4, -0.2) is 36.5 Å². The predicted octanol–water partition coefficient (Wildman–Crippen LogP) is 5.76. The van der Waals surface area contributed by atoms with Crippen LogP contribution in [0.25, 0.3) is 0 Å². The smallest absolute Gasteiger partial charge is 0.308 e. The Morgan fingerprint density at radius 3 is 2.20 bits per heavy atom. The minimum atomic E-state index is -0.131. The highest BCUT2D eigenvalue weighted by atomic mass is 16.5. The zero-order chi connectivity index (χ0) is 21.9. The minimum Gasteiger partial charge on any atom is -0.469 e. The average Bonchev–Trinajstić information content (AvgIpc) is 3.06. The van der Waals surface area contributed by atoms with E-state index in [0.29, 0.717) is 24.2 Å². The van der Waals surface area contributed by atoms with Crippen molar-refractivity contribution in [3.8, 4) is 0 Å². The van der Waals surface area contributed by atoms with Crippen molar-refractivity contribution in [1.82, 2.24) is 4.90 Å². The summed E-state index contributed by atoms with van der Waals surface area (Å²) in [6, 6.07) is 0.0859. The molecular weight excluding hydrogens is 374 g/mol. The zero-order valence-electron chi connectivity index (χ0n) is 19.8. The quantitative estimate of drug-likeness (QED) is 0.403. The van der Waals surface area contributed by atoms with Crippen molar-refractivity contribution >= 4 is 11.9 Å². The Bertz CT molecular complexity index is 640. The normalized spacial score (nSPS) is 35.9. The molecule has 2 unspecified atom stereocenters. The van der Waals surface area contributed by atoms with Crippen molar-refractivity contribution in [3.63, 3.8) is 0 Å². The van der Waals surface area contributed by atoms with E-state index in [2.05, 4.69) is 32.3 Å². The van der Waals surface area contributed by atoms with E-state index < -0.39 is 0 Å². The molecule has 0 radical (unpaired) electrons. The molecule has 3 rings (SSSR count). The molecule has 3 fully saturated rings. The van der Waals surface area contributed by atoms with Gasteiger partial charge >= 0.3 is 5.97 Å². The first-order valence-electron chi connectivity index (χ1n) is 12.3. The third-order valence-electron chi connectivity index (χ3n) is 8.31. The average molecular weight is 418 g/mol. The van der Waals surface area contributed by atoms with Gasteiger partial charge in [-0.15, -0.1) is 0 Å². The molecule has 30 heavy (non-hydrogen) atoms. The van der Waals surface area contributed by atoms with Gasteiger partial charge in [0, 0.05) is 12.5 Å². The number of methoxy groups -OCH3 is 1.